The lowest BCUT2D eigenvalue weighted by Crippen LogP contribution is -2.46. The van der Waals surface area contributed by atoms with Crippen molar-refractivity contribution in [3.05, 3.63) is 34.3 Å². The zero-order valence-electron chi connectivity index (χ0n) is 9.54. The van der Waals surface area contributed by atoms with Crippen LogP contribution < -0.4 is 5.32 Å². The first-order chi connectivity index (χ1) is 7.59. The third-order valence-electron chi connectivity index (χ3n) is 3.37. The molecule has 0 aromatic heterocycles. The fraction of sp³-hybridized carbons (Fsp3) is 0.538. The van der Waals surface area contributed by atoms with Gasteiger partial charge in [-0.3, -0.25) is 0 Å². The molecule has 1 unspecified atom stereocenters. The van der Waals surface area contributed by atoms with E-state index in [-0.39, 0.29) is 6.04 Å². The summed E-state index contributed by atoms with van der Waals surface area (Å²) in [4.78, 5) is 0. The molecule has 0 radical (unpaired) electrons. The van der Waals surface area contributed by atoms with E-state index in [4.69, 9.17) is 0 Å². The van der Waals surface area contributed by atoms with Crippen LogP contribution in [0.25, 0.3) is 0 Å². The smallest absolute Gasteiger partial charge is 0.0771 e. The molecule has 2 rings (SSSR count). The Kier molecular flexibility index (Phi) is 3.67. The van der Waals surface area contributed by atoms with Crippen LogP contribution in [0.15, 0.2) is 28.7 Å². The van der Waals surface area contributed by atoms with Crippen molar-refractivity contribution in [3.63, 3.8) is 0 Å². The van der Waals surface area contributed by atoms with Gasteiger partial charge in [0.15, 0.2) is 0 Å². The maximum Gasteiger partial charge on any atom is 0.0771 e. The third-order valence-corrected chi connectivity index (χ3v) is 3.86. The summed E-state index contributed by atoms with van der Waals surface area (Å²) in [6, 6.07) is 8.56. The van der Waals surface area contributed by atoms with Gasteiger partial charge in [-0.25, -0.2) is 0 Å². The van der Waals surface area contributed by atoms with E-state index in [1.165, 1.54) is 5.56 Å². The van der Waals surface area contributed by atoms with E-state index >= 15 is 0 Å². The molecular formula is C13H18BrNO. The van der Waals surface area contributed by atoms with E-state index in [9.17, 15) is 5.11 Å². The summed E-state index contributed by atoms with van der Waals surface area (Å²) in [5.41, 5.74) is 0.803. The minimum atomic E-state index is -0.444. The molecule has 1 saturated carbocycles. The van der Waals surface area contributed by atoms with Crippen LogP contribution in [0.4, 0.5) is 0 Å². The fourth-order valence-corrected chi connectivity index (χ4v) is 2.42. The van der Waals surface area contributed by atoms with Crippen LogP contribution in [0.1, 0.15) is 37.8 Å². The predicted octanol–water partition coefficient (Wildman–Crippen LogP) is 3.01. The number of rotatable bonds is 4. The summed E-state index contributed by atoms with van der Waals surface area (Å²) in [6.45, 7) is 2.82. The molecule has 3 heteroatoms. The van der Waals surface area contributed by atoms with Crippen molar-refractivity contribution in [1.29, 1.82) is 0 Å². The third kappa shape index (κ3) is 2.84. The number of hydrogen-bond acceptors (Lipinski definition) is 2. The van der Waals surface area contributed by atoms with E-state index in [1.54, 1.807) is 0 Å². The zero-order chi connectivity index (χ0) is 11.6. The minimum Gasteiger partial charge on any atom is -0.389 e. The van der Waals surface area contributed by atoms with E-state index in [0.717, 1.165) is 23.7 Å². The van der Waals surface area contributed by atoms with Crippen molar-refractivity contribution in [1.82, 2.24) is 5.32 Å². The van der Waals surface area contributed by atoms with Gasteiger partial charge < -0.3 is 10.4 Å². The Hall–Kier alpha value is -0.380. The lowest BCUT2D eigenvalue weighted by Gasteiger charge is -2.37. The van der Waals surface area contributed by atoms with Gasteiger partial charge in [0.2, 0.25) is 0 Å². The Morgan fingerprint density at radius 2 is 2.25 bits per heavy atom. The highest BCUT2D eigenvalue weighted by molar-refractivity contribution is 9.10. The molecule has 88 valence electrons. The number of benzene rings is 1. The molecule has 0 aliphatic heterocycles. The van der Waals surface area contributed by atoms with Gasteiger partial charge in [-0.2, -0.15) is 0 Å². The second-order valence-corrected chi connectivity index (χ2v) is 5.65. The second-order valence-electron chi connectivity index (χ2n) is 4.74. The van der Waals surface area contributed by atoms with Gasteiger partial charge in [-0.05, 0) is 43.9 Å². The summed E-state index contributed by atoms with van der Waals surface area (Å²) in [7, 11) is 0. The highest BCUT2D eigenvalue weighted by atomic mass is 79.9. The van der Waals surface area contributed by atoms with Gasteiger partial charge in [0.1, 0.15) is 0 Å². The molecule has 0 heterocycles. The molecule has 2 nitrogen and oxygen atoms in total. The highest BCUT2D eigenvalue weighted by Gasteiger charge is 2.34. The molecule has 16 heavy (non-hydrogen) atoms. The van der Waals surface area contributed by atoms with Gasteiger partial charge in [-0.15, -0.1) is 0 Å². The van der Waals surface area contributed by atoms with Crippen LogP contribution in [0.3, 0.4) is 0 Å². The lowest BCUT2D eigenvalue weighted by atomic mass is 9.80. The first-order valence-electron chi connectivity index (χ1n) is 5.80. The van der Waals surface area contributed by atoms with Crippen LogP contribution in [0.2, 0.25) is 0 Å². The average molecular weight is 284 g/mol. The molecule has 0 amide bonds. The first-order valence-corrected chi connectivity index (χ1v) is 6.60. The largest absolute Gasteiger partial charge is 0.389 e. The van der Waals surface area contributed by atoms with Crippen LogP contribution in [0, 0.1) is 0 Å². The Morgan fingerprint density at radius 3 is 2.81 bits per heavy atom. The van der Waals surface area contributed by atoms with Crippen LogP contribution in [-0.2, 0) is 0 Å². The molecule has 2 N–H and O–H groups in total. The van der Waals surface area contributed by atoms with Crippen molar-refractivity contribution in [2.45, 2.75) is 37.8 Å². The number of aliphatic hydroxyl groups is 1. The van der Waals surface area contributed by atoms with E-state index in [2.05, 4.69) is 40.3 Å². The monoisotopic (exact) mass is 283 g/mol. The van der Waals surface area contributed by atoms with Gasteiger partial charge >= 0.3 is 0 Å². The minimum absolute atomic E-state index is 0.280. The van der Waals surface area contributed by atoms with E-state index < -0.39 is 5.60 Å². The maximum absolute atomic E-state index is 9.99. The maximum atomic E-state index is 9.99. The number of hydrogen-bond donors (Lipinski definition) is 2. The Bertz CT molecular complexity index is 363. The van der Waals surface area contributed by atoms with Crippen LogP contribution in [-0.4, -0.2) is 17.3 Å². The summed E-state index contributed by atoms with van der Waals surface area (Å²) in [6.07, 6.45) is 3.03. The molecule has 1 aliphatic rings. The predicted molar refractivity (Wildman–Crippen MR) is 69.4 cm³/mol. The molecule has 0 saturated heterocycles. The normalized spacial score (nSPS) is 20.2. The van der Waals surface area contributed by atoms with E-state index in [1.807, 2.05) is 12.1 Å². The number of nitrogens with one attached hydrogen (secondary N) is 1. The summed E-state index contributed by atoms with van der Waals surface area (Å²) < 4.78 is 1.10. The average Bonchev–Trinajstić information content (AvgIpc) is 2.23. The standard InChI is InChI=1S/C13H18BrNO/c1-10(11-4-2-5-12(14)8-11)15-9-13(16)6-3-7-13/h2,4-5,8,10,15-16H,3,6-7,9H2,1H3. The molecule has 0 spiro atoms. The van der Waals surface area contributed by atoms with Crippen LogP contribution >= 0.6 is 15.9 Å². The van der Waals surface area contributed by atoms with Crippen molar-refractivity contribution in [3.8, 4) is 0 Å². The quantitative estimate of drug-likeness (QED) is 0.890. The zero-order valence-corrected chi connectivity index (χ0v) is 11.1. The van der Waals surface area contributed by atoms with Crippen molar-refractivity contribution in [2.75, 3.05) is 6.54 Å². The topological polar surface area (TPSA) is 32.3 Å². The SMILES string of the molecule is CC(NCC1(O)CCC1)c1cccc(Br)c1. The highest BCUT2D eigenvalue weighted by Crippen LogP contribution is 2.31. The number of halogens is 1. The van der Waals surface area contributed by atoms with Gasteiger partial charge in [0.05, 0.1) is 5.60 Å². The molecule has 1 fully saturated rings. The van der Waals surface area contributed by atoms with Gasteiger partial charge in [0, 0.05) is 17.1 Å². The molecule has 0 bridgehead atoms. The molecular weight excluding hydrogens is 266 g/mol. The molecule has 1 atom stereocenters. The first kappa shape index (κ1) is 12.1. The molecule has 1 aromatic carbocycles. The van der Waals surface area contributed by atoms with Gasteiger partial charge in [0.25, 0.3) is 0 Å². The second kappa shape index (κ2) is 4.86. The Morgan fingerprint density at radius 1 is 1.50 bits per heavy atom. The van der Waals surface area contributed by atoms with Crippen molar-refractivity contribution >= 4 is 15.9 Å². The van der Waals surface area contributed by atoms with Crippen molar-refractivity contribution < 1.29 is 5.11 Å². The Labute approximate surface area is 105 Å². The fourth-order valence-electron chi connectivity index (χ4n) is 2.00. The van der Waals surface area contributed by atoms with Gasteiger partial charge in [-0.1, -0.05) is 28.1 Å². The Balaban J connectivity index is 1.90. The lowest BCUT2D eigenvalue weighted by molar-refractivity contribution is -0.0329. The molecule has 1 aliphatic carbocycles. The summed E-state index contributed by atoms with van der Waals surface area (Å²) in [5.74, 6) is 0. The summed E-state index contributed by atoms with van der Waals surface area (Å²) >= 11 is 3.47. The summed E-state index contributed by atoms with van der Waals surface area (Å²) in [5, 5.41) is 13.4. The van der Waals surface area contributed by atoms with Crippen LogP contribution in [0.5, 0.6) is 0 Å². The van der Waals surface area contributed by atoms with E-state index in [0.29, 0.717) is 6.54 Å². The molecule has 1 aromatic rings. The van der Waals surface area contributed by atoms with Crippen molar-refractivity contribution in [2.24, 2.45) is 0 Å².